The molecule has 0 fully saturated rings. The molecule has 2 aromatic carbocycles. The summed E-state index contributed by atoms with van der Waals surface area (Å²) in [5.41, 5.74) is 3.45. The molecule has 0 aliphatic rings. The van der Waals surface area contributed by atoms with Gasteiger partial charge in [-0.05, 0) is 36.2 Å². The molecule has 0 spiro atoms. The maximum Gasteiger partial charge on any atom is 0.268 e. The first-order chi connectivity index (χ1) is 11.6. The van der Waals surface area contributed by atoms with Crippen LogP contribution in [0.5, 0.6) is 11.5 Å². The molecular formula is C19H20N2O3. The Balaban J connectivity index is 1.76. The summed E-state index contributed by atoms with van der Waals surface area (Å²) in [5, 5.41) is 4.00. The fourth-order valence-electron chi connectivity index (χ4n) is 2.77. The lowest BCUT2D eigenvalue weighted by molar-refractivity contribution is 0.0946. The summed E-state index contributed by atoms with van der Waals surface area (Å²) in [6.07, 6.45) is 0. The number of fused-ring (bicyclic) bond motifs is 1. The second-order valence-electron chi connectivity index (χ2n) is 5.54. The first-order valence-corrected chi connectivity index (χ1v) is 7.70. The maximum atomic E-state index is 12.5. The van der Waals surface area contributed by atoms with Gasteiger partial charge in [-0.1, -0.05) is 24.3 Å². The van der Waals surface area contributed by atoms with Crippen LogP contribution in [0.3, 0.4) is 0 Å². The van der Waals surface area contributed by atoms with Crippen LogP contribution in [0.1, 0.15) is 21.6 Å². The Hall–Kier alpha value is -2.95. The van der Waals surface area contributed by atoms with Crippen LogP contribution in [0.15, 0.2) is 42.5 Å². The average molecular weight is 324 g/mol. The van der Waals surface area contributed by atoms with E-state index in [0.29, 0.717) is 23.7 Å². The second-order valence-corrected chi connectivity index (χ2v) is 5.54. The highest BCUT2D eigenvalue weighted by atomic mass is 16.5. The minimum atomic E-state index is -0.126. The first kappa shape index (κ1) is 15.9. The topological polar surface area (TPSA) is 63.3 Å². The molecule has 0 saturated heterocycles. The summed E-state index contributed by atoms with van der Waals surface area (Å²) in [6, 6.07) is 13.5. The van der Waals surface area contributed by atoms with Crippen molar-refractivity contribution in [3.8, 4) is 11.5 Å². The zero-order valence-electron chi connectivity index (χ0n) is 14.0. The third-order valence-electron chi connectivity index (χ3n) is 4.09. The van der Waals surface area contributed by atoms with Crippen LogP contribution >= 0.6 is 0 Å². The summed E-state index contributed by atoms with van der Waals surface area (Å²) in [4.78, 5) is 15.7. The standard InChI is InChI=1S/C19H20N2O3/c1-12-14-6-4-5-7-15(14)21-18(12)19(22)20-11-13-8-9-16(23-2)17(10-13)24-3/h4-10,21H,11H2,1-3H3,(H,20,22). The Bertz CT molecular complexity index is 883. The van der Waals surface area contributed by atoms with Crippen molar-refractivity contribution in [3.05, 3.63) is 59.3 Å². The lowest BCUT2D eigenvalue weighted by Crippen LogP contribution is -2.23. The zero-order chi connectivity index (χ0) is 17.1. The molecule has 0 aliphatic carbocycles. The molecule has 1 aromatic heterocycles. The summed E-state index contributed by atoms with van der Waals surface area (Å²) < 4.78 is 10.5. The molecule has 124 valence electrons. The molecule has 0 saturated carbocycles. The predicted molar refractivity (Wildman–Crippen MR) is 93.8 cm³/mol. The van der Waals surface area contributed by atoms with Gasteiger partial charge in [0.25, 0.3) is 5.91 Å². The molecule has 3 aromatic rings. The van der Waals surface area contributed by atoms with Crippen molar-refractivity contribution in [2.75, 3.05) is 14.2 Å². The molecule has 5 heteroatoms. The van der Waals surface area contributed by atoms with Crippen LogP contribution in [0.25, 0.3) is 10.9 Å². The fraction of sp³-hybridized carbons (Fsp3) is 0.211. The number of aromatic amines is 1. The minimum Gasteiger partial charge on any atom is -0.493 e. The van der Waals surface area contributed by atoms with E-state index in [1.807, 2.05) is 49.4 Å². The van der Waals surface area contributed by atoms with Crippen molar-refractivity contribution >= 4 is 16.8 Å². The smallest absolute Gasteiger partial charge is 0.268 e. The number of carbonyl (C=O) groups excluding carboxylic acids is 1. The zero-order valence-corrected chi connectivity index (χ0v) is 14.0. The number of nitrogens with one attached hydrogen (secondary N) is 2. The van der Waals surface area contributed by atoms with Gasteiger partial charge in [0.15, 0.2) is 11.5 Å². The van der Waals surface area contributed by atoms with Gasteiger partial charge in [0.2, 0.25) is 0 Å². The van der Waals surface area contributed by atoms with Gasteiger partial charge in [-0.3, -0.25) is 4.79 Å². The van der Waals surface area contributed by atoms with Crippen LogP contribution in [0.2, 0.25) is 0 Å². The first-order valence-electron chi connectivity index (χ1n) is 7.70. The number of amides is 1. The molecule has 0 unspecified atom stereocenters. The van der Waals surface area contributed by atoms with Crippen LogP contribution < -0.4 is 14.8 Å². The second kappa shape index (κ2) is 6.66. The molecular weight excluding hydrogens is 304 g/mol. The van der Waals surface area contributed by atoms with Crippen molar-refractivity contribution < 1.29 is 14.3 Å². The Morgan fingerprint density at radius 1 is 1.08 bits per heavy atom. The summed E-state index contributed by atoms with van der Waals surface area (Å²) >= 11 is 0. The van der Waals surface area contributed by atoms with Crippen molar-refractivity contribution in [2.45, 2.75) is 13.5 Å². The molecule has 0 radical (unpaired) electrons. The SMILES string of the molecule is COc1ccc(CNC(=O)c2[nH]c3ccccc3c2C)cc1OC. The van der Waals surface area contributed by atoms with E-state index in [0.717, 1.165) is 22.0 Å². The lowest BCUT2D eigenvalue weighted by Gasteiger charge is -2.10. The van der Waals surface area contributed by atoms with E-state index in [4.69, 9.17) is 9.47 Å². The molecule has 0 bridgehead atoms. The normalized spacial score (nSPS) is 10.6. The van der Waals surface area contributed by atoms with Crippen LogP contribution in [0, 0.1) is 6.92 Å². The highest BCUT2D eigenvalue weighted by Gasteiger charge is 2.14. The third-order valence-corrected chi connectivity index (χ3v) is 4.09. The van der Waals surface area contributed by atoms with Gasteiger partial charge in [0.1, 0.15) is 5.69 Å². The quantitative estimate of drug-likeness (QED) is 0.756. The van der Waals surface area contributed by atoms with E-state index in [2.05, 4.69) is 10.3 Å². The largest absolute Gasteiger partial charge is 0.493 e. The van der Waals surface area contributed by atoms with E-state index < -0.39 is 0 Å². The number of aromatic nitrogens is 1. The average Bonchev–Trinajstić information content (AvgIpc) is 2.96. The number of carbonyl (C=O) groups is 1. The highest BCUT2D eigenvalue weighted by Crippen LogP contribution is 2.27. The molecule has 2 N–H and O–H groups in total. The number of H-pyrrole nitrogens is 1. The third kappa shape index (κ3) is 2.93. The number of benzene rings is 2. The van der Waals surface area contributed by atoms with Gasteiger partial charge >= 0.3 is 0 Å². The Morgan fingerprint density at radius 2 is 1.83 bits per heavy atom. The van der Waals surface area contributed by atoms with Gasteiger partial charge in [0.05, 0.1) is 14.2 Å². The Labute approximate surface area is 140 Å². The van der Waals surface area contributed by atoms with Gasteiger partial charge in [-0.15, -0.1) is 0 Å². The lowest BCUT2D eigenvalue weighted by atomic mass is 10.1. The molecule has 1 amide bonds. The van der Waals surface area contributed by atoms with E-state index in [9.17, 15) is 4.79 Å². The number of rotatable bonds is 5. The number of hydrogen-bond acceptors (Lipinski definition) is 3. The summed E-state index contributed by atoms with van der Waals surface area (Å²) in [7, 11) is 3.19. The molecule has 24 heavy (non-hydrogen) atoms. The van der Waals surface area contributed by atoms with Crippen molar-refractivity contribution in [1.82, 2.24) is 10.3 Å². The van der Waals surface area contributed by atoms with Crippen molar-refractivity contribution in [1.29, 1.82) is 0 Å². The van der Waals surface area contributed by atoms with E-state index in [1.54, 1.807) is 14.2 Å². The summed E-state index contributed by atoms with van der Waals surface area (Å²) in [6.45, 7) is 2.36. The minimum absolute atomic E-state index is 0.126. The van der Waals surface area contributed by atoms with Gasteiger partial charge in [0, 0.05) is 17.4 Å². The van der Waals surface area contributed by atoms with Gasteiger partial charge < -0.3 is 19.8 Å². The van der Waals surface area contributed by atoms with Crippen molar-refractivity contribution in [2.24, 2.45) is 0 Å². The van der Waals surface area contributed by atoms with Gasteiger partial charge in [-0.25, -0.2) is 0 Å². The molecule has 1 heterocycles. The maximum absolute atomic E-state index is 12.5. The highest BCUT2D eigenvalue weighted by molar-refractivity contribution is 6.00. The number of ether oxygens (including phenoxy) is 2. The summed E-state index contributed by atoms with van der Waals surface area (Å²) in [5.74, 6) is 1.18. The molecule has 5 nitrogen and oxygen atoms in total. The number of aryl methyl sites for hydroxylation is 1. The van der Waals surface area contributed by atoms with Gasteiger partial charge in [-0.2, -0.15) is 0 Å². The molecule has 0 atom stereocenters. The van der Waals surface area contributed by atoms with Crippen LogP contribution in [-0.4, -0.2) is 25.1 Å². The fourth-order valence-corrected chi connectivity index (χ4v) is 2.77. The van der Waals surface area contributed by atoms with Crippen LogP contribution in [0.4, 0.5) is 0 Å². The molecule has 3 rings (SSSR count). The Morgan fingerprint density at radius 3 is 2.54 bits per heavy atom. The number of methoxy groups -OCH3 is 2. The predicted octanol–water partition coefficient (Wildman–Crippen LogP) is 3.42. The van der Waals surface area contributed by atoms with E-state index in [1.165, 1.54) is 0 Å². The number of hydrogen-bond donors (Lipinski definition) is 2. The van der Waals surface area contributed by atoms with Crippen LogP contribution in [-0.2, 0) is 6.54 Å². The Kier molecular flexibility index (Phi) is 4.42. The molecule has 0 aliphatic heterocycles. The van der Waals surface area contributed by atoms with E-state index in [-0.39, 0.29) is 5.91 Å². The number of para-hydroxylation sites is 1. The van der Waals surface area contributed by atoms with E-state index >= 15 is 0 Å². The van der Waals surface area contributed by atoms with Crippen molar-refractivity contribution in [3.63, 3.8) is 0 Å². The monoisotopic (exact) mass is 324 g/mol.